The van der Waals surface area contributed by atoms with Crippen LogP contribution >= 0.6 is 15.9 Å². The smallest absolute Gasteiger partial charge is 0.409 e. The highest BCUT2D eigenvalue weighted by molar-refractivity contribution is 9.10. The number of nitrogens with zero attached hydrogens (tertiary/aromatic N) is 14. The molecule has 520 valence electrons. The molecular weight excluding hydrogens is 1430 g/mol. The SMILES string of the molecule is FC(F)(F)c1ccc(-n2cc(Br)cn2)cc1.FC(F)(F)c1ccc(-n2cccn2)cc1.Fc1ccc(C(F)(F)F)cc1.N#Cc1ccc(N)cn1.N#Cc1ccc(Nc2cnn(-c3ccc(C(F)(F)F)cc3)c2)cn1.N/C(=N\O)c1ccc(Nc2cnn(-c3ccc(C(F)(F)F)cc3)c2)cn1. The Bertz CT molecular complexity index is 4660. The van der Waals surface area contributed by atoms with E-state index in [1.807, 2.05) is 12.1 Å². The van der Waals surface area contributed by atoms with Gasteiger partial charge < -0.3 is 27.3 Å². The summed E-state index contributed by atoms with van der Waals surface area (Å²) in [6.07, 6.45) is -4.46. The monoisotopic (exact) mass is 1480 g/mol. The van der Waals surface area contributed by atoms with Crippen molar-refractivity contribution in [2.75, 3.05) is 16.4 Å². The number of oxime groups is 1. The number of anilines is 5. The second-order valence-electron chi connectivity index (χ2n) is 19.9. The highest BCUT2D eigenvalue weighted by atomic mass is 79.9. The van der Waals surface area contributed by atoms with Gasteiger partial charge in [-0.25, -0.2) is 33.1 Å². The van der Waals surface area contributed by atoms with E-state index >= 15 is 0 Å². The maximum absolute atomic E-state index is 12.6. The van der Waals surface area contributed by atoms with Gasteiger partial charge >= 0.3 is 30.9 Å². The lowest BCUT2D eigenvalue weighted by Crippen LogP contribution is -2.14. The van der Waals surface area contributed by atoms with Crippen molar-refractivity contribution in [3.63, 3.8) is 0 Å². The molecule has 0 unspecified atom stereocenters. The van der Waals surface area contributed by atoms with Gasteiger partial charge in [0.2, 0.25) is 0 Å². The molecule has 19 nitrogen and oxygen atoms in total. The summed E-state index contributed by atoms with van der Waals surface area (Å²) >= 11 is 3.21. The van der Waals surface area contributed by atoms with E-state index in [-0.39, 0.29) is 5.84 Å². The standard InChI is InChI=1S/C16H13F3N6O.C16H10F3N5.C10H6BrF3N2.C10H7F3N2.C7H4F4.C6H5N3/c17-16(18,19)10-1-4-13(5-2-10)25-9-12(8-22-25)23-11-3-6-14(21-7-11)15(20)24-26;17-16(18,19)11-1-5-15(6-2-11)24-10-14(9-22-24)23-13-4-3-12(7-20)21-8-13;11-8-5-15-16(6-8)9-3-1-7(2-4-9)10(12,13)14;11-10(12,13)8-2-4-9(5-3-8)15-7-1-6-14-15;8-6-3-1-5(2-4-6)7(9,10)11;7-3-6-2-1-5(8)4-9-6/h1-9,23,26H,(H2,20,24);1-6,8-10,23H;1-6H;1-7H;1-4H;1-2,4H,8H2. The molecule has 0 bridgehead atoms. The molecule has 101 heavy (non-hydrogen) atoms. The quantitative estimate of drug-likeness (QED) is 0.0296. The number of nitriles is 2. The molecule has 0 aliphatic heterocycles. The van der Waals surface area contributed by atoms with Crippen LogP contribution in [0.15, 0.2) is 242 Å². The number of halogens is 17. The van der Waals surface area contributed by atoms with Gasteiger partial charge in [-0.3, -0.25) is 4.98 Å². The average Bonchev–Trinajstić information content (AvgIpc) is 1.77. The maximum Gasteiger partial charge on any atom is 0.416 e. The van der Waals surface area contributed by atoms with Gasteiger partial charge in [-0.2, -0.15) is 96.8 Å². The van der Waals surface area contributed by atoms with E-state index in [2.05, 4.69) is 67.1 Å². The molecule has 0 amide bonds. The molecule has 5 aromatic carbocycles. The second kappa shape index (κ2) is 33.6. The number of benzene rings is 5. The molecule has 7 heterocycles. The van der Waals surface area contributed by atoms with E-state index < -0.39 is 64.5 Å². The highest BCUT2D eigenvalue weighted by Crippen LogP contribution is 2.34. The van der Waals surface area contributed by atoms with Crippen LogP contribution in [0, 0.1) is 28.5 Å². The molecule has 7 aromatic heterocycles. The van der Waals surface area contributed by atoms with Gasteiger partial charge in [0.05, 0.1) is 133 Å². The van der Waals surface area contributed by atoms with Crippen LogP contribution in [0.2, 0.25) is 0 Å². The third-order valence-electron chi connectivity index (χ3n) is 12.7. The van der Waals surface area contributed by atoms with Crippen LogP contribution in [-0.4, -0.2) is 65.1 Å². The van der Waals surface area contributed by atoms with E-state index in [9.17, 15) is 70.2 Å². The Morgan fingerprint density at radius 2 is 0.782 bits per heavy atom. The van der Waals surface area contributed by atoms with Gasteiger partial charge in [0.1, 0.15) is 35.0 Å². The van der Waals surface area contributed by atoms with Crippen molar-refractivity contribution in [1.29, 1.82) is 10.5 Å². The Labute approximate surface area is 568 Å². The molecule has 0 saturated carbocycles. The van der Waals surface area contributed by atoms with Crippen molar-refractivity contribution in [3.8, 4) is 34.9 Å². The van der Waals surface area contributed by atoms with Crippen molar-refractivity contribution >= 4 is 50.2 Å². The lowest BCUT2D eigenvalue weighted by atomic mass is 10.2. The summed E-state index contributed by atoms with van der Waals surface area (Å²) in [5.41, 5.74) is 13.5. The van der Waals surface area contributed by atoms with Crippen LogP contribution in [0.5, 0.6) is 0 Å². The fourth-order valence-corrected chi connectivity index (χ4v) is 8.07. The lowest BCUT2D eigenvalue weighted by Gasteiger charge is -2.07. The summed E-state index contributed by atoms with van der Waals surface area (Å²) in [7, 11) is 0. The Balaban J connectivity index is 0.000000176. The van der Waals surface area contributed by atoms with E-state index in [1.165, 1.54) is 98.2 Å². The first kappa shape index (κ1) is 75.8. The number of hydrogen-bond acceptors (Lipinski definition) is 14. The highest BCUT2D eigenvalue weighted by Gasteiger charge is 2.33. The second-order valence-corrected chi connectivity index (χ2v) is 20.8. The van der Waals surface area contributed by atoms with E-state index in [1.54, 1.807) is 79.6 Å². The molecule has 0 saturated heterocycles. The van der Waals surface area contributed by atoms with Gasteiger partial charge in [-0.15, -0.1) is 0 Å². The van der Waals surface area contributed by atoms with E-state index in [4.69, 9.17) is 27.2 Å². The van der Waals surface area contributed by atoms with Crippen molar-refractivity contribution in [3.05, 3.63) is 287 Å². The number of rotatable bonds is 9. The predicted molar refractivity (Wildman–Crippen MR) is 339 cm³/mol. The average molecular weight is 1480 g/mol. The fraction of sp³-hybridized carbons (Fsp3) is 0.0769. The third-order valence-corrected chi connectivity index (χ3v) is 13.1. The first-order valence-corrected chi connectivity index (χ1v) is 28.8. The summed E-state index contributed by atoms with van der Waals surface area (Å²) in [5, 5.41) is 50.6. The Kier molecular flexibility index (Phi) is 25.2. The minimum Gasteiger partial charge on any atom is -0.409 e. The maximum atomic E-state index is 12.6. The normalized spacial score (nSPS) is 11.4. The molecule has 7 N–H and O–H groups in total. The zero-order valence-electron chi connectivity index (χ0n) is 50.7. The van der Waals surface area contributed by atoms with Crippen molar-refractivity contribution in [2.24, 2.45) is 10.9 Å². The molecule has 12 rings (SSSR count). The molecule has 0 aliphatic carbocycles. The van der Waals surface area contributed by atoms with Gasteiger partial charge in [-0.1, -0.05) is 5.16 Å². The first-order valence-electron chi connectivity index (χ1n) is 28.0. The number of nitrogens with two attached hydrogens (primary N) is 2. The Hall–Kier alpha value is -12.6. The molecule has 0 radical (unpaired) electrons. The van der Waals surface area contributed by atoms with Crippen molar-refractivity contribution < 1.29 is 75.5 Å². The zero-order valence-corrected chi connectivity index (χ0v) is 52.3. The summed E-state index contributed by atoms with van der Waals surface area (Å²) in [6, 6.07) is 37.3. The number of amidine groups is 1. The molecule has 12 aromatic rings. The molecule has 36 heteroatoms. The van der Waals surface area contributed by atoms with Crippen LogP contribution in [0.1, 0.15) is 44.9 Å². The van der Waals surface area contributed by atoms with Gasteiger partial charge in [0.25, 0.3) is 0 Å². The number of aromatic nitrogens is 11. The number of pyridine rings is 3. The summed E-state index contributed by atoms with van der Waals surface area (Å²) in [4.78, 5) is 11.7. The van der Waals surface area contributed by atoms with E-state index in [0.717, 1.165) is 65.1 Å². The first-order chi connectivity index (χ1) is 47.7. The largest absolute Gasteiger partial charge is 0.416 e. The third kappa shape index (κ3) is 23.3. The van der Waals surface area contributed by atoms with Gasteiger partial charge in [0, 0.05) is 18.6 Å². The number of nitrogens with one attached hydrogen (secondary N) is 2. The molecule has 0 aliphatic rings. The number of nitrogen functional groups attached to an aromatic ring is 1. The van der Waals surface area contributed by atoms with Crippen LogP contribution in [0.25, 0.3) is 22.7 Å². The van der Waals surface area contributed by atoms with Gasteiger partial charge in [0.15, 0.2) is 5.84 Å². The molecule has 0 fully saturated rings. The molecule has 0 spiro atoms. The predicted octanol–water partition coefficient (Wildman–Crippen LogP) is 17.0. The topological polar surface area (TPSA) is 266 Å². The summed E-state index contributed by atoms with van der Waals surface area (Å²) in [6.45, 7) is 0. The van der Waals surface area contributed by atoms with Crippen LogP contribution in [-0.2, 0) is 30.9 Å². The Morgan fingerprint density at radius 3 is 1.09 bits per heavy atom. The van der Waals surface area contributed by atoms with Crippen LogP contribution in [0.4, 0.5) is 98.7 Å². The zero-order chi connectivity index (χ0) is 73.7. The summed E-state index contributed by atoms with van der Waals surface area (Å²) in [5.74, 6) is -0.773. The minimum absolute atomic E-state index is 0.105. The van der Waals surface area contributed by atoms with Crippen LogP contribution in [0.3, 0.4) is 0 Å². The number of alkyl halides is 15. The number of hydrogen-bond donors (Lipinski definition) is 5. The molecular formula is C65H45BrF16N18O. The lowest BCUT2D eigenvalue weighted by molar-refractivity contribution is -0.138. The van der Waals surface area contributed by atoms with Crippen molar-refractivity contribution in [2.45, 2.75) is 30.9 Å². The Morgan fingerprint density at radius 1 is 0.426 bits per heavy atom. The van der Waals surface area contributed by atoms with Crippen LogP contribution < -0.4 is 22.1 Å². The van der Waals surface area contributed by atoms with Crippen molar-refractivity contribution in [1.82, 2.24) is 54.1 Å². The van der Waals surface area contributed by atoms with Gasteiger partial charge in [-0.05, 0) is 180 Å². The fourth-order valence-electron chi connectivity index (χ4n) is 7.78. The van der Waals surface area contributed by atoms with E-state index in [0.29, 0.717) is 80.4 Å². The minimum atomic E-state index is -4.38. The summed E-state index contributed by atoms with van der Waals surface area (Å²) < 4.78 is 203. The molecule has 0 atom stereocenters.